The molecule has 0 aliphatic carbocycles. The molecule has 2 aromatic rings. The minimum absolute atomic E-state index is 0.0850. The molecule has 0 aromatic carbocycles. The Labute approximate surface area is 112 Å². The van der Waals surface area contributed by atoms with Gasteiger partial charge in [0.1, 0.15) is 5.69 Å². The van der Waals surface area contributed by atoms with Crippen LogP contribution < -0.4 is 0 Å². The normalized spacial score (nSPS) is 10.7. The van der Waals surface area contributed by atoms with Crippen LogP contribution in [0.3, 0.4) is 0 Å². The maximum Gasteiger partial charge on any atom is 0.274 e. The highest BCUT2D eigenvalue weighted by molar-refractivity contribution is 5.91. The van der Waals surface area contributed by atoms with Crippen molar-refractivity contribution in [1.29, 1.82) is 0 Å². The van der Waals surface area contributed by atoms with Crippen LogP contribution in [0.1, 0.15) is 30.0 Å². The largest absolute Gasteiger partial charge is 0.334 e. The fraction of sp³-hybridized carbons (Fsp3) is 0.462. The van der Waals surface area contributed by atoms with Crippen LogP contribution in [0.5, 0.6) is 0 Å². The number of amides is 1. The molecule has 6 nitrogen and oxygen atoms in total. The molecule has 0 saturated heterocycles. The standard InChI is InChI=1S/C13H19N5O/c1-4-17-8-6-11(14-17)10-16(3)13(19)12-7-9-18(5-2)15-12/h6-9H,4-5,10H2,1-3H3. The predicted octanol–water partition coefficient (Wildman–Crippen LogP) is 1.39. The van der Waals surface area contributed by atoms with Crippen LogP contribution in [-0.2, 0) is 19.6 Å². The van der Waals surface area contributed by atoms with E-state index < -0.39 is 0 Å². The molecule has 0 fully saturated rings. The lowest BCUT2D eigenvalue weighted by Crippen LogP contribution is -2.27. The topological polar surface area (TPSA) is 56.0 Å². The van der Waals surface area contributed by atoms with Crippen molar-refractivity contribution in [2.45, 2.75) is 33.5 Å². The highest BCUT2D eigenvalue weighted by Crippen LogP contribution is 2.05. The average Bonchev–Trinajstić information content (AvgIpc) is 3.06. The summed E-state index contributed by atoms with van der Waals surface area (Å²) in [6, 6.07) is 3.67. The number of aryl methyl sites for hydroxylation is 2. The Morgan fingerprint density at radius 1 is 1.16 bits per heavy atom. The third kappa shape index (κ3) is 3.01. The van der Waals surface area contributed by atoms with Crippen molar-refractivity contribution in [1.82, 2.24) is 24.5 Å². The lowest BCUT2D eigenvalue weighted by molar-refractivity contribution is 0.0776. The van der Waals surface area contributed by atoms with Gasteiger partial charge in [-0.25, -0.2) is 0 Å². The number of rotatable bonds is 5. The SMILES string of the molecule is CCn1ccc(CN(C)C(=O)c2ccn(CC)n2)n1. The van der Waals surface area contributed by atoms with Crippen LogP contribution in [0, 0.1) is 0 Å². The number of carbonyl (C=O) groups excluding carboxylic acids is 1. The van der Waals surface area contributed by atoms with E-state index in [4.69, 9.17) is 0 Å². The van der Waals surface area contributed by atoms with Gasteiger partial charge in [-0.15, -0.1) is 0 Å². The smallest absolute Gasteiger partial charge is 0.274 e. The summed E-state index contributed by atoms with van der Waals surface area (Å²) in [5.41, 5.74) is 1.35. The van der Waals surface area contributed by atoms with Crippen LogP contribution in [0.25, 0.3) is 0 Å². The third-order valence-corrected chi connectivity index (χ3v) is 2.95. The fourth-order valence-electron chi connectivity index (χ4n) is 1.83. The van der Waals surface area contributed by atoms with E-state index >= 15 is 0 Å². The molecule has 0 N–H and O–H groups in total. The molecule has 19 heavy (non-hydrogen) atoms. The number of aromatic nitrogens is 4. The number of hydrogen-bond acceptors (Lipinski definition) is 3. The Balaban J connectivity index is 2.02. The van der Waals surface area contributed by atoms with E-state index in [1.807, 2.05) is 37.0 Å². The Morgan fingerprint density at radius 2 is 1.79 bits per heavy atom. The van der Waals surface area contributed by atoms with Crippen molar-refractivity contribution >= 4 is 5.91 Å². The second-order valence-electron chi connectivity index (χ2n) is 4.38. The molecule has 0 radical (unpaired) electrons. The molecule has 0 atom stereocenters. The lowest BCUT2D eigenvalue weighted by atomic mass is 10.3. The van der Waals surface area contributed by atoms with Gasteiger partial charge in [-0.1, -0.05) is 0 Å². The molecule has 0 saturated carbocycles. The molecule has 0 aliphatic rings. The summed E-state index contributed by atoms with van der Waals surface area (Å²) < 4.78 is 3.59. The zero-order valence-electron chi connectivity index (χ0n) is 11.6. The van der Waals surface area contributed by atoms with Gasteiger partial charge < -0.3 is 4.90 Å². The maximum atomic E-state index is 12.2. The monoisotopic (exact) mass is 261 g/mol. The van der Waals surface area contributed by atoms with Crippen molar-refractivity contribution in [3.8, 4) is 0 Å². The first-order valence-corrected chi connectivity index (χ1v) is 6.45. The van der Waals surface area contributed by atoms with E-state index in [0.29, 0.717) is 12.2 Å². The summed E-state index contributed by atoms with van der Waals surface area (Å²) in [5.74, 6) is -0.0850. The highest BCUT2D eigenvalue weighted by Gasteiger charge is 2.15. The summed E-state index contributed by atoms with van der Waals surface area (Å²) in [7, 11) is 1.76. The molecule has 2 heterocycles. The van der Waals surface area contributed by atoms with Gasteiger partial charge in [-0.2, -0.15) is 10.2 Å². The van der Waals surface area contributed by atoms with Crippen LogP contribution in [0.2, 0.25) is 0 Å². The van der Waals surface area contributed by atoms with Gasteiger partial charge in [-0.05, 0) is 26.0 Å². The Bertz CT molecular complexity index is 557. The molecular formula is C13H19N5O. The van der Waals surface area contributed by atoms with Gasteiger partial charge in [0.2, 0.25) is 0 Å². The quantitative estimate of drug-likeness (QED) is 0.817. The van der Waals surface area contributed by atoms with Crippen molar-refractivity contribution in [2.75, 3.05) is 7.05 Å². The minimum Gasteiger partial charge on any atom is -0.334 e. The van der Waals surface area contributed by atoms with Gasteiger partial charge in [0, 0.05) is 32.5 Å². The maximum absolute atomic E-state index is 12.2. The molecule has 0 aliphatic heterocycles. The number of hydrogen-bond donors (Lipinski definition) is 0. The fourth-order valence-corrected chi connectivity index (χ4v) is 1.83. The molecule has 1 amide bonds. The second kappa shape index (κ2) is 5.69. The Kier molecular flexibility index (Phi) is 3.99. The van der Waals surface area contributed by atoms with Crippen LogP contribution in [0.15, 0.2) is 24.5 Å². The summed E-state index contributed by atoms with van der Waals surface area (Å²) in [5, 5.41) is 8.58. The molecule has 0 spiro atoms. The summed E-state index contributed by atoms with van der Waals surface area (Å²) in [6.45, 7) is 6.10. The van der Waals surface area contributed by atoms with E-state index in [2.05, 4.69) is 10.2 Å². The first-order valence-electron chi connectivity index (χ1n) is 6.45. The number of carbonyl (C=O) groups is 1. The van der Waals surface area contributed by atoms with E-state index in [1.54, 1.807) is 22.7 Å². The van der Waals surface area contributed by atoms with Crippen LogP contribution in [0.4, 0.5) is 0 Å². The second-order valence-corrected chi connectivity index (χ2v) is 4.38. The van der Waals surface area contributed by atoms with Gasteiger partial charge in [0.25, 0.3) is 5.91 Å². The zero-order chi connectivity index (χ0) is 13.8. The van der Waals surface area contributed by atoms with E-state index in [1.165, 1.54) is 0 Å². The molecule has 102 valence electrons. The van der Waals surface area contributed by atoms with E-state index in [9.17, 15) is 4.79 Å². The summed E-state index contributed by atoms with van der Waals surface area (Å²) in [6.07, 6.45) is 3.73. The molecule has 6 heteroatoms. The Morgan fingerprint density at radius 3 is 2.37 bits per heavy atom. The third-order valence-electron chi connectivity index (χ3n) is 2.95. The molecule has 2 aromatic heterocycles. The molecule has 0 bridgehead atoms. The van der Waals surface area contributed by atoms with Crippen LogP contribution >= 0.6 is 0 Å². The highest BCUT2D eigenvalue weighted by atomic mass is 16.2. The van der Waals surface area contributed by atoms with Crippen LogP contribution in [-0.4, -0.2) is 37.4 Å². The van der Waals surface area contributed by atoms with Crippen molar-refractivity contribution in [3.63, 3.8) is 0 Å². The number of nitrogens with zero attached hydrogens (tertiary/aromatic N) is 5. The van der Waals surface area contributed by atoms with Gasteiger partial charge in [0.15, 0.2) is 0 Å². The van der Waals surface area contributed by atoms with E-state index in [0.717, 1.165) is 18.8 Å². The Hall–Kier alpha value is -2.11. The lowest BCUT2D eigenvalue weighted by Gasteiger charge is -2.14. The van der Waals surface area contributed by atoms with Crippen molar-refractivity contribution in [3.05, 3.63) is 35.9 Å². The first kappa shape index (κ1) is 13.3. The van der Waals surface area contributed by atoms with Crippen molar-refractivity contribution in [2.24, 2.45) is 0 Å². The van der Waals surface area contributed by atoms with Crippen molar-refractivity contribution < 1.29 is 4.79 Å². The van der Waals surface area contributed by atoms with Gasteiger partial charge in [-0.3, -0.25) is 14.2 Å². The predicted molar refractivity (Wildman–Crippen MR) is 71.6 cm³/mol. The summed E-state index contributed by atoms with van der Waals surface area (Å²) >= 11 is 0. The summed E-state index contributed by atoms with van der Waals surface area (Å²) in [4.78, 5) is 13.8. The van der Waals surface area contributed by atoms with Gasteiger partial charge in [0.05, 0.1) is 12.2 Å². The first-order chi connectivity index (χ1) is 9.13. The molecular weight excluding hydrogens is 242 g/mol. The van der Waals surface area contributed by atoms with Gasteiger partial charge >= 0.3 is 0 Å². The molecule has 0 unspecified atom stereocenters. The zero-order valence-corrected chi connectivity index (χ0v) is 11.6. The molecule has 2 rings (SSSR count). The minimum atomic E-state index is -0.0850. The van der Waals surface area contributed by atoms with E-state index in [-0.39, 0.29) is 5.91 Å². The average molecular weight is 261 g/mol.